The molecule has 98 valence electrons. The number of hydrogen-bond acceptors (Lipinski definition) is 2. The molecule has 0 bridgehead atoms. The van der Waals surface area contributed by atoms with Crippen LogP contribution in [-0.4, -0.2) is 5.91 Å². The second kappa shape index (κ2) is 5.94. The Labute approximate surface area is 132 Å². The zero-order valence-electron chi connectivity index (χ0n) is 9.58. The van der Waals surface area contributed by atoms with Crippen molar-refractivity contribution in [1.82, 2.24) is 0 Å². The van der Waals surface area contributed by atoms with E-state index < -0.39 is 0 Å². The molecule has 0 saturated carbocycles. The predicted molar refractivity (Wildman–Crippen MR) is 85.7 cm³/mol. The smallest absolute Gasteiger partial charge is 0.255 e. The van der Waals surface area contributed by atoms with Crippen LogP contribution >= 0.6 is 43.5 Å². The van der Waals surface area contributed by atoms with Gasteiger partial charge in [0.05, 0.1) is 10.7 Å². The number of hydrogen-bond donors (Lipinski definition) is 2. The van der Waals surface area contributed by atoms with Crippen LogP contribution in [0, 0.1) is 0 Å². The largest absolute Gasteiger partial charge is 0.399 e. The third-order valence-corrected chi connectivity index (χ3v) is 4.31. The number of halogens is 3. The molecule has 6 heteroatoms. The zero-order valence-corrected chi connectivity index (χ0v) is 13.5. The number of nitrogens with one attached hydrogen (secondary N) is 1. The molecule has 0 saturated heterocycles. The van der Waals surface area contributed by atoms with Crippen LogP contribution < -0.4 is 11.1 Å². The summed E-state index contributed by atoms with van der Waals surface area (Å²) < 4.78 is 1.48. The maximum atomic E-state index is 12.1. The Hall–Kier alpha value is -1.04. The number of carbonyl (C=O) groups excluding carboxylic acids is 1. The minimum Gasteiger partial charge on any atom is -0.399 e. The molecule has 0 radical (unpaired) electrons. The van der Waals surface area contributed by atoms with Crippen molar-refractivity contribution >= 4 is 60.7 Å². The fourth-order valence-corrected chi connectivity index (χ4v) is 2.39. The number of carbonyl (C=O) groups is 1. The van der Waals surface area contributed by atoms with Crippen molar-refractivity contribution in [3.63, 3.8) is 0 Å². The summed E-state index contributed by atoms with van der Waals surface area (Å²) in [4.78, 5) is 12.1. The predicted octanol–water partition coefficient (Wildman–Crippen LogP) is 4.70. The molecule has 19 heavy (non-hydrogen) atoms. The molecule has 1 amide bonds. The Morgan fingerprint density at radius 1 is 1.11 bits per heavy atom. The van der Waals surface area contributed by atoms with Crippen LogP contribution in [-0.2, 0) is 0 Å². The third kappa shape index (κ3) is 3.49. The first kappa shape index (κ1) is 14.4. The SMILES string of the molecule is Nc1ccc(NC(=O)c2ccc(Br)c(Cl)c2)c(Br)c1. The van der Waals surface area contributed by atoms with Crippen molar-refractivity contribution in [1.29, 1.82) is 0 Å². The molecule has 0 unspecified atom stereocenters. The topological polar surface area (TPSA) is 55.1 Å². The molecule has 2 aromatic rings. The van der Waals surface area contributed by atoms with Crippen molar-refractivity contribution in [2.45, 2.75) is 0 Å². The number of nitrogens with two attached hydrogens (primary N) is 1. The lowest BCUT2D eigenvalue weighted by Gasteiger charge is -2.08. The first-order valence-corrected chi connectivity index (χ1v) is 7.25. The summed E-state index contributed by atoms with van der Waals surface area (Å²) in [7, 11) is 0. The van der Waals surface area contributed by atoms with E-state index in [1.54, 1.807) is 36.4 Å². The minimum atomic E-state index is -0.236. The van der Waals surface area contributed by atoms with Crippen LogP contribution in [0.3, 0.4) is 0 Å². The summed E-state index contributed by atoms with van der Waals surface area (Å²) in [6.07, 6.45) is 0. The lowest BCUT2D eigenvalue weighted by molar-refractivity contribution is 0.102. The van der Waals surface area contributed by atoms with Gasteiger partial charge in [0.25, 0.3) is 5.91 Å². The summed E-state index contributed by atoms with van der Waals surface area (Å²) in [6.45, 7) is 0. The van der Waals surface area contributed by atoms with Gasteiger partial charge in [-0.1, -0.05) is 11.6 Å². The Bertz CT molecular complexity index is 647. The highest BCUT2D eigenvalue weighted by molar-refractivity contribution is 9.11. The van der Waals surface area contributed by atoms with E-state index in [0.29, 0.717) is 22.0 Å². The molecule has 0 heterocycles. The van der Waals surface area contributed by atoms with E-state index in [1.807, 2.05) is 0 Å². The van der Waals surface area contributed by atoms with Gasteiger partial charge in [0.2, 0.25) is 0 Å². The van der Waals surface area contributed by atoms with Crippen molar-refractivity contribution in [3.8, 4) is 0 Å². The highest BCUT2D eigenvalue weighted by atomic mass is 79.9. The summed E-state index contributed by atoms with van der Waals surface area (Å²) in [5.74, 6) is -0.236. The molecule has 2 aromatic carbocycles. The Balaban J connectivity index is 2.23. The quantitative estimate of drug-likeness (QED) is 0.713. The lowest BCUT2D eigenvalue weighted by atomic mass is 10.2. The van der Waals surface area contributed by atoms with Gasteiger partial charge in [0.1, 0.15) is 0 Å². The fourth-order valence-electron chi connectivity index (χ4n) is 1.46. The highest BCUT2D eigenvalue weighted by Gasteiger charge is 2.10. The lowest BCUT2D eigenvalue weighted by Crippen LogP contribution is -2.12. The first-order chi connectivity index (χ1) is 8.97. The average Bonchev–Trinajstić information content (AvgIpc) is 2.36. The van der Waals surface area contributed by atoms with Gasteiger partial charge in [0.15, 0.2) is 0 Å². The molecular weight excluding hydrogens is 395 g/mol. The monoisotopic (exact) mass is 402 g/mol. The van der Waals surface area contributed by atoms with Crippen LogP contribution in [0.2, 0.25) is 5.02 Å². The average molecular weight is 404 g/mol. The van der Waals surface area contributed by atoms with Crippen molar-refractivity contribution in [2.24, 2.45) is 0 Å². The molecule has 0 atom stereocenters. The molecule has 0 fully saturated rings. The standard InChI is InChI=1S/C13H9Br2ClN2O/c14-9-3-1-7(5-11(9)16)13(19)18-12-4-2-8(17)6-10(12)15/h1-6H,17H2,(H,18,19). The summed E-state index contributed by atoms with van der Waals surface area (Å²) >= 11 is 12.6. The number of anilines is 2. The van der Waals surface area contributed by atoms with Gasteiger partial charge in [-0.2, -0.15) is 0 Å². The van der Waals surface area contributed by atoms with Crippen LogP contribution in [0.1, 0.15) is 10.4 Å². The molecule has 3 nitrogen and oxygen atoms in total. The van der Waals surface area contributed by atoms with Crippen molar-refractivity contribution < 1.29 is 4.79 Å². The molecule has 0 aliphatic heterocycles. The van der Waals surface area contributed by atoms with Gasteiger partial charge in [-0.05, 0) is 68.3 Å². The second-order valence-electron chi connectivity index (χ2n) is 3.82. The van der Waals surface area contributed by atoms with Gasteiger partial charge < -0.3 is 11.1 Å². The fraction of sp³-hybridized carbons (Fsp3) is 0. The van der Waals surface area contributed by atoms with Gasteiger partial charge in [-0.15, -0.1) is 0 Å². The van der Waals surface area contributed by atoms with Crippen LogP contribution in [0.5, 0.6) is 0 Å². The normalized spacial score (nSPS) is 10.3. The van der Waals surface area contributed by atoms with E-state index in [1.165, 1.54) is 0 Å². The van der Waals surface area contributed by atoms with Crippen molar-refractivity contribution in [2.75, 3.05) is 11.1 Å². The maximum Gasteiger partial charge on any atom is 0.255 e. The van der Waals surface area contributed by atoms with E-state index in [4.69, 9.17) is 17.3 Å². The zero-order chi connectivity index (χ0) is 14.0. The Kier molecular flexibility index (Phi) is 4.50. The van der Waals surface area contributed by atoms with Gasteiger partial charge >= 0.3 is 0 Å². The van der Waals surface area contributed by atoms with Crippen molar-refractivity contribution in [3.05, 3.63) is 55.9 Å². The molecule has 3 N–H and O–H groups in total. The molecule has 0 spiro atoms. The summed E-state index contributed by atoms with van der Waals surface area (Å²) in [5, 5.41) is 3.27. The maximum absolute atomic E-state index is 12.1. The number of rotatable bonds is 2. The minimum absolute atomic E-state index is 0.236. The summed E-state index contributed by atoms with van der Waals surface area (Å²) in [6, 6.07) is 10.2. The summed E-state index contributed by atoms with van der Waals surface area (Å²) in [5.41, 5.74) is 7.40. The van der Waals surface area contributed by atoms with Crippen LogP contribution in [0.25, 0.3) is 0 Å². The number of nitrogen functional groups attached to an aromatic ring is 1. The molecular formula is C13H9Br2ClN2O. The Morgan fingerprint density at radius 2 is 1.84 bits per heavy atom. The van der Waals surface area contributed by atoms with Crippen LogP contribution in [0.4, 0.5) is 11.4 Å². The van der Waals surface area contributed by atoms with Gasteiger partial charge in [-0.3, -0.25) is 4.79 Å². The molecule has 0 aliphatic carbocycles. The third-order valence-electron chi connectivity index (χ3n) is 2.42. The molecule has 2 rings (SSSR count). The molecule has 0 aromatic heterocycles. The second-order valence-corrected chi connectivity index (χ2v) is 5.94. The van der Waals surface area contributed by atoms with E-state index in [-0.39, 0.29) is 5.91 Å². The van der Waals surface area contributed by atoms with E-state index >= 15 is 0 Å². The number of benzene rings is 2. The Morgan fingerprint density at radius 3 is 2.47 bits per heavy atom. The van der Waals surface area contributed by atoms with Gasteiger partial charge in [-0.25, -0.2) is 0 Å². The van der Waals surface area contributed by atoms with Gasteiger partial charge in [0, 0.05) is 20.2 Å². The van der Waals surface area contributed by atoms with E-state index in [9.17, 15) is 4.79 Å². The first-order valence-electron chi connectivity index (χ1n) is 5.29. The number of amides is 1. The highest BCUT2D eigenvalue weighted by Crippen LogP contribution is 2.27. The molecule has 0 aliphatic rings. The van der Waals surface area contributed by atoms with E-state index in [2.05, 4.69) is 37.2 Å². The van der Waals surface area contributed by atoms with Crippen LogP contribution in [0.15, 0.2) is 45.3 Å². The van der Waals surface area contributed by atoms with E-state index in [0.717, 1.165) is 8.95 Å².